The first-order chi connectivity index (χ1) is 10.5. The van der Waals surface area contributed by atoms with E-state index in [9.17, 15) is 8.42 Å². The van der Waals surface area contributed by atoms with Gasteiger partial charge in [0.15, 0.2) is 9.84 Å². The van der Waals surface area contributed by atoms with Gasteiger partial charge in [-0.25, -0.2) is 13.4 Å². The molecule has 1 saturated carbocycles. The fourth-order valence-corrected chi connectivity index (χ4v) is 5.02. The number of rotatable bonds is 2. The van der Waals surface area contributed by atoms with Crippen LogP contribution in [-0.4, -0.2) is 32.7 Å². The van der Waals surface area contributed by atoms with Crippen molar-refractivity contribution in [2.45, 2.75) is 56.3 Å². The van der Waals surface area contributed by atoms with Gasteiger partial charge >= 0.3 is 0 Å². The molecular weight excluding hydrogens is 296 g/mol. The lowest BCUT2D eigenvalue weighted by Gasteiger charge is -2.43. The highest BCUT2D eigenvalue weighted by molar-refractivity contribution is 7.90. The molecule has 1 saturated heterocycles. The number of piperidine rings is 1. The summed E-state index contributed by atoms with van der Waals surface area (Å²) in [4.78, 5) is 7.02. The normalized spacial score (nSPS) is 22.5. The van der Waals surface area contributed by atoms with Crippen LogP contribution in [0.5, 0.6) is 0 Å². The van der Waals surface area contributed by atoms with Gasteiger partial charge in [-0.1, -0.05) is 25.7 Å². The Bertz CT molecular complexity index is 619. The van der Waals surface area contributed by atoms with Crippen LogP contribution in [0.1, 0.15) is 51.4 Å². The number of hydrogen-bond acceptors (Lipinski definition) is 4. The average Bonchev–Trinajstić information content (AvgIpc) is 2.72. The maximum Gasteiger partial charge on any atom is 0.179 e. The first-order valence-electron chi connectivity index (χ1n) is 8.40. The standard InChI is InChI=1S/C17H26N2O2S/c1-22(20,21)15-8-6-12-18-16(15)19-13-7-11-17(14-19)9-4-2-3-5-10-17/h6,8,12H,2-5,7,9-11,13-14H2,1H3. The van der Waals surface area contributed by atoms with Crippen LogP contribution in [0, 0.1) is 5.41 Å². The summed E-state index contributed by atoms with van der Waals surface area (Å²) in [7, 11) is -3.24. The first-order valence-corrected chi connectivity index (χ1v) is 10.3. The zero-order valence-electron chi connectivity index (χ0n) is 13.4. The van der Waals surface area contributed by atoms with Crippen LogP contribution in [0.2, 0.25) is 0 Å². The molecule has 2 fully saturated rings. The van der Waals surface area contributed by atoms with E-state index in [1.54, 1.807) is 18.3 Å². The third-order valence-electron chi connectivity index (χ3n) is 5.28. The van der Waals surface area contributed by atoms with Crippen molar-refractivity contribution in [1.29, 1.82) is 0 Å². The van der Waals surface area contributed by atoms with Crippen LogP contribution in [0.15, 0.2) is 23.2 Å². The van der Waals surface area contributed by atoms with E-state index in [4.69, 9.17) is 0 Å². The van der Waals surface area contributed by atoms with Crippen molar-refractivity contribution < 1.29 is 8.42 Å². The molecule has 0 amide bonds. The molecule has 122 valence electrons. The van der Waals surface area contributed by atoms with Gasteiger partial charge in [0.25, 0.3) is 0 Å². The lowest BCUT2D eigenvalue weighted by Crippen LogP contribution is -2.44. The number of sulfone groups is 1. The molecule has 2 aliphatic rings. The summed E-state index contributed by atoms with van der Waals surface area (Å²) in [5, 5.41) is 0. The van der Waals surface area contributed by atoms with Crippen molar-refractivity contribution >= 4 is 15.7 Å². The van der Waals surface area contributed by atoms with E-state index in [1.165, 1.54) is 51.2 Å². The van der Waals surface area contributed by atoms with Crippen LogP contribution >= 0.6 is 0 Å². The van der Waals surface area contributed by atoms with Gasteiger partial charge in [0.1, 0.15) is 10.7 Å². The molecule has 1 aliphatic carbocycles. The molecule has 22 heavy (non-hydrogen) atoms. The minimum atomic E-state index is -3.24. The molecule has 0 bridgehead atoms. The third-order valence-corrected chi connectivity index (χ3v) is 6.39. The topological polar surface area (TPSA) is 50.3 Å². The predicted molar refractivity (Wildman–Crippen MR) is 88.9 cm³/mol. The second-order valence-electron chi connectivity index (χ2n) is 7.04. The van der Waals surface area contributed by atoms with E-state index in [-0.39, 0.29) is 0 Å². The van der Waals surface area contributed by atoms with E-state index in [2.05, 4.69) is 9.88 Å². The van der Waals surface area contributed by atoms with E-state index in [0.717, 1.165) is 19.5 Å². The van der Waals surface area contributed by atoms with Gasteiger partial charge in [0.2, 0.25) is 0 Å². The summed E-state index contributed by atoms with van der Waals surface area (Å²) in [5.41, 5.74) is 0.376. The van der Waals surface area contributed by atoms with Crippen molar-refractivity contribution in [3.63, 3.8) is 0 Å². The first kappa shape index (κ1) is 15.8. The lowest BCUT2D eigenvalue weighted by atomic mass is 9.74. The van der Waals surface area contributed by atoms with E-state index < -0.39 is 9.84 Å². The van der Waals surface area contributed by atoms with Gasteiger partial charge in [-0.2, -0.15) is 0 Å². The summed E-state index contributed by atoms with van der Waals surface area (Å²) in [5.74, 6) is 0.660. The summed E-state index contributed by atoms with van der Waals surface area (Å²) >= 11 is 0. The Balaban J connectivity index is 1.89. The number of pyridine rings is 1. The van der Waals surface area contributed by atoms with Gasteiger partial charge in [0, 0.05) is 25.5 Å². The van der Waals surface area contributed by atoms with Crippen molar-refractivity contribution in [1.82, 2.24) is 4.98 Å². The van der Waals surface area contributed by atoms with Crippen molar-refractivity contribution in [2.24, 2.45) is 5.41 Å². The molecule has 4 nitrogen and oxygen atoms in total. The molecular formula is C17H26N2O2S. The summed E-state index contributed by atoms with van der Waals surface area (Å²) in [6, 6.07) is 3.40. The van der Waals surface area contributed by atoms with Crippen molar-refractivity contribution in [3.05, 3.63) is 18.3 Å². The largest absolute Gasteiger partial charge is 0.355 e. The molecule has 5 heteroatoms. The zero-order valence-corrected chi connectivity index (χ0v) is 14.2. The average molecular weight is 322 g/mol. The Labute approximate surface area is 133 Å². The number of nitrogens with zero attached hydrogens (tertiary/aromatic N) is 2. The van der Waals surface area contributed by atoms with Crippen LogP contribution in [-0.2, 0) is 9.84 Å². The Morgan fingerprint density at radius 3 is 2.45 bits per heavy atom. The van der Waals surface area contributed by atoms with E-state index >= 15 is 0 Å². The quantitative estimate of drug-likeness (QED) is 0.837. The highest BCUT2D eigenvalue weighted by Gasteiger charge is 2.37. The number of hydrogen-bond donors (Lipinski definition) is 0. The molecule has 0 unspecified atom stereocenters. The molecule has 1 spiro atoms. The fraction of sp³-hybridized carbons (Fsp3) is 0.706. The Hall–Kier alpha value is -1.10. The summed E-state index contributed by atoms with van der Waals surface area (Å²) < 4.78 is 24.1. The molecule has 1 aliphatic heterocycles. The van der Waals surface area contributed by atoms with Gasteiger partial charge in [0.05, 0.1) is 0 Å². The van der Waals surface area contributed by atoms with Gasteiger partial charge in [-0.05, 0) is 43.2 Å². The van der Waals surface area contributed by atoms with Crippen LogP contribution in [0.25, 0.3) is 0 Å². The Kier molecular flexibility index (Phi) is 4.44. The van der Waals surface area contributed by atoms with Gasteiger partial charge in [-0.3, -0.25) is 0 Å². The lowest BCUT2D eigenvalue weighted by molar-refractivity contribution is 0.197. The van der Waals surface area contributed by atoms with E-state index in [1.807, 2.05) is 0 Å². The second kappa shape index (κ2) is 6.19. The summed E-state index contributed by atoms with van der Waals surface area (Å²) in [6.45, 7) is 1.88. The third kappa shape index (κ3) is 3.29. The van der Waals surface area contributed by atoms with Gasteiger partial charge in [-0.15, -0.1) is 0 Å². The molecule has 1 aromatic rings. The Morgan fingerprint density at radius 2 is 1.77 bits per heavy atom. The highest BCUT2D eigenvalue weighted by Crippen LogP contribution is 2.43. The molecule has 0 aromatic carbocycles. The fourth-order valence-electron chi connectivity index (χ4n) is 4.18. The molecule has 1 aromatic heterocycles. The molecule has 0 radical (unpaired) electrons. The SMILES string of the molecule is CS(=O)(=O)c1cccnc1N1CCCC2(CCCCCC2)C1. The smallest absolute Gasteiger partial charge is 0.179 e. The van der Waals surface area contributed by atoms with Crippen molar-refractivity contribution in [3.8, 4) is 0 Å². The van der Waals surface area contributed by atoms with Gasteiger partial charge < -0.3 is 4.90 Å². The monoisotopic (exact) mass is 322 g/mol. The maximum atomic E-state index is 12.1. The minimum Gasteiger partial charge on any atom is -0.355 e. The maximum absolute atomic E-state index is 12.1. The zero-order chi connectivity index (χ0) is 15.6. The highest BCUT2D eigenvalue weighted by atomic mass is 32.2. The molecule has 3 rings (SSSR count). The van der Waals surface area contributed by atoms with Crippen LogP contribution < -0.4 is 4.90 Å². The minimum absolute atomic E-state index is 0.376. The number of anilines is 1. The molecule has 0 atom stereocenters. The van der Waals surface area contributed by atoms with Crippen molar-refractivity contribution in [2.75, 3.05) is 24.2 Å². The molecule has 0 N–H and O–H groups in total. The van der Waals surface area contributed by atoms with Crippen LogP contribution in [0.4, 0.5) is 5.82 Å². The van der Waals surface area contributed by atoms with E-state index in [0.29, 0.717) is 16.1 Å². The Morgan fingerprint density at radius 1 is 1.09 bits per heavy atom. The number of aromatic nitrogens is 1. The second-order valence-corrected chi connectivity index (χ2v) is 9.02. The predicted octanol–water partition coefficient (Wildman–Crippen LogP) is 3.43. The summed E-state index contributed by atoms with van der Waals surface area (Å²) in [6.07, 6.45) is 13.3. The van der Waals surface area contributed by atoms with Crippen LogP contribution in [0.3, 0.4) is 0 Å². The molecule has 2 heterocycles.